The summed E-state index contributed by atoms with van der Waals surface area (Å²) >= 11 is 0. The number of aryl methyl sites for hydroxylation is 2. The molecule has 0 atom stereocenters. The van der Waals surface area contributed by atoms with Gasteiger partial charge in [-0.15, -0.1) is 0 Å². The van der Waals surface area contributed by atoms with E-state index in [-0.39, 0.29) is 12.5 Å². The fourth-order valence-corrected chi connectivity index (χ4v) is 3.53. The van der Waals surface area contributed by atoms with Gasteiger partial charge in [0.05, 0.1) is 18.6 Å². The summed E-state index contributed by atoms with van der Waals surface area (Å²) in [6, 6.07) is 12.9. The van der Waals surface area contributed by atoms with Gasteiger partial charge in [0.1, 0.15) is 12.3 Å². The molecule has 0 bridgehead atoms. The third kappa shape index (κ3) is 5.99. The van der Waals surface area contributed by atoms with Crippen molar-refractivity contribution in [3.63, 3.8) is 0 Å². The van der Waals surface area contributed by atoms with E-state index in [1.165, 1.54) is 0 Å². The molecule has 0 radical (unpaired) electrons. The largest absolute Gasteiger partial charge is 0.494 e. The minimum Gasteiger partial charge on any atom is -0.494 e. The molecule has 0 spiro atoms. The molecule has 0 aromatic heterocycles. The summed E-state index contributed by atoms with van der Waals surface area (Å²) in [4.78, 5) is 12.4. The Labute approximate surface area is 161 Å². The first kappa shape index (κ1) is 20.8. The zero-order valence-corrected chi connectivity index (χ0v) is 17.0. The van der Waals surface area contributed by atoms with Gasteiger partial charge in [-0.1, -0.05) is 24.3 Å². The zero-order valence-electron chi connectivity index (χ0n) is 16.2. The SMILES string of the molecule is CCOc1ccc(CNC(=O)CN(c2cc(C)ccc2C)S(C)(=O)=O)cc1. The van der Waals surface area contributed by atoms with Crippen molar-refractivity contribution >= 4 is 21.6 Å². The Bertz CT molecular complexity index is 893. The van der Waals surface area contributed by atoms with Crippen LogP contribution in [0.5, 0.6) is 5.75 Å². The predicted molar refractivity (Wildman–Crippen MR) is 108 cm³/mol. The number of anilines is 1. The number of nitrogens with zero attached hydrogens (tertiary/aromatic N) is 1. The zero-order chi connectivity index (χ0) is 20.0. The van der Waals surface area contributed by atoms with Crippen molar-refractivity contribution in [1.82, 2.24) is 5.32 Å². The van der Waals surface area contributed by atoms with Gasteiger partial charge < -0.3 is 10.1 Å². The van der Waals surface area contributed by atoms with Gasteiger partial charge >= 0.3 is 0 Å². The van der Waals surface area contributed by atoms with Crippen molar-refractivity contribution in [2.45, 2.75) is 27.3 Å². The van der Waals surface area contributed by atoms with E-state index in [0.29, 0.717) is 18.8 Å². The van der Waals surface area contributed by atoms with Gasteiger partial charge in [0.15, 0.2) is 0 Å². The second-order valence-corrected chi connectivity index (χ2v) is 8.32. The first-order valence-electron chi connectivity index (χ1n) is 8.74. The monoisotopic (exact) mass is 390 g/mol. The van der Waals surface area contributed by atoms with Crippen LogP contribution < -0.4 is 14.4 Å². The van der Waals surface area contributed by atoms with Gasteiger partial charge in [0.25, 0.3) is 0 Å². The van der Waals surface area contributed by atoms with Crippen LogP contribution in [0.2, 0.25) is 0 Å². The first-order valence-corrected chi connectivity index (χ1v) is 10.6. The highest BCUT2D eigenvalue weighted by atomic mass is 32.2. The Morgan fingerprint density at radius 2 is 1.78 bits per heavy atom. The molecule has 2 aromatic carbocycles. The van der Waals surface area contributed by atoms with Crippen LogP contribution in [0.4, 0.5) is 5.69 Å². The Balaban J connectivity index is 2.07. The molecule has 7 heteroatoms. The van der Waals surface area contributed by atoms with Gasteiger partial charge in [-0.2, -0.15) is 0 Å². The molecule has 146 valence electrons. The van der Waals surface area contributed by atoms with Gasteiger partial charge in [-0.05, 0) is 55.7 Å². The standard InChI is InChI=1S/C20H26N2O4S/c1-5-26-18-10-8-17(9-11-18)13-21-20(23)14-22(27(4,24)25)19-12-15(2)6-7-16(19)3/h6-12H,5,13-14H2,1-4H3,(H,21,23). The van der Waals surface area contributed by atoms with Crippen LogP contribution >= 0.6 is 0 Å². The lowest BCUT2D eigenvalue weighted by atomic mass is 10.1. The molecule has 0 heterocycles. The molecule has 0 unspecified atom stereocenters. The highest BCUT2D eigenvalue weighted by Gasteiger charge is 2.22. The summed E-state index contributed by atoms with van der Waals surface area (Å²) < 4.78 is 31.0. The maximum absolute atomic E-state index is 12.4. The summed E-state index contributed by atoms with van der Waals surface area (Å²) in [5.74, 6) is 0.404. The number of hydrogen-bond donors (Lipinski definition) is 1. The summed E-state index contributed by atoms with van der Waals surface area (Å²) in [5.41, 5.74) is 3.16. The highest BCUT2D eigenvalue weighted by Crippen LogP contribution is 2.23. The Morgan fingerprint density at radius 3 is 2.37 bits per heavy atom. The van der Waals surface area contributed by atoms with Crippen LogP contribution in [0.1, 0.15) is 23.6 Å². The van der Waals surface area contributed by atoms with E-state index in [0.717, 1.165) is 33.0 Å². The van der Waals surface area contributed by atoms with E-state index >= 15 is 0 Å². The molecule has 0 saturated heterocycles. The van der Waals surface area contributed by atoms with Gasteiger partial charge in [-0.25, -0.2) is 8.42 Å². The van der Waals surface area contributed by atoms with Crippen LogP contribution in [0.15, 0.2) is 42.5 Å². The highest BCUT2D eigenvalue weighted by molar-refractivity contribution is 7.92. The third-order valence-electron chi connectivity index (χ3n) is 4.04. The van der Waals surface area contributed by atoms with Crippen LogP contribution in [-0.2, 0) is 21.4 Å². The average Bonchev–Trinajstić information content (AvgIpc) is 2.61. The maximum Gasteiger partial charge on any atom is 0.241 e. The van der Waals surface area contributed by atoms with Gasteiger partial charge in [0, 0.05) is 6.54 Å². The van der Waals surface area contributed by atoms with Crippen molar-refractivity contribution in [3.8, 4) is 5.75 Å². The molecule has 1 amide bonds. The quantitative estimate of drug-likeness (QED) is 0.752. The minimum absolute atomic E-state index is 0.264. The third-order valence-corrected chi connectivity index (χ3v) is 5.17. The van der Waals surface area contributed by atoms with E-state index < -0.39 is 10.0 Å². The molecular formula is C20H26N2O4S. The molecule has 0 fully saturated rings. The van der Waals surface area contributed by atoms with Crippen LogP contribution in [-0.4, -0.2) is 33.7 Å². The number of carbonyl (C=O) groups excluding carboxylic acids is 1. The Morgan fingerprint density at radius 1 is 1.11 bits per heavy atom. The molecule has 27 heavy (non-hydrogen) atoms. The van der Waals surface area contributed by atoms with Crippen molar-refractivity contribution in [3.05, 3.63) is 59.2 Å². The lowest BCUT2D eigenvalue weighted by Crippen LogP contribution is -2.40. The number of amides is 1. The number of nitrogens with one attached hydrogen (secondary N) is 1. The molecule has 0 aliphatic rings. The van der Waals surface area contributed by atoms with Crippen LogP contribution in [0.25, 0.3) is 0 Å². The Kier molecular flexibility index (Phi) is 6.85. The summed E-state index contributed by atoms with van der Waals surface area (Å²) in [6.45, 7) is 6.27. The second kappa shape index (κ2) is 8.90. The molecule has 0 aliphatic carbocycles. The fourth-order valence-electron chi connectivity index (χ4n) is 2.63. The van der Waals surface area contributed by atoms with Crippen molar-refractivity contribution in [2.24, 2.45) is 0 Å². The smallest absolute Gasteiger partial charge is 0.241 e. The normalized spacial score (nSPS) is 11.1. The number of carbonyl (C=O) groups is 1. The lowest BCUT2D eigenvalue weighted by Gasteiger charge is -2.24. The van der Waals surface area contributed by atoms with E-state index in [9.17, 15) is 13.2 Å². The lowest BCUT2D eigenvalue weighted by molar-refractivity contribution is -0.119. The molecular weight excluding hydrogens is 364 g/mol. The number of rotatable bonds is 8. The summed E-state index contributed by atoms with van der Waals surface area (Å²) in [6.07, 6.45) is 1.11. The fraction of sp³-hybridized carbons (Fsp3) is 0.350. The maximum atomic E-state index is 12.4. The van der Waals surface area contributed by atoms with Crippen molar-refractivity contribution < 1.29 is 17.9 Å². The van der Waals surface area contributed by atoms with E-state index in [1.807, 2.05) is 57.2 Å². The molecule has 1 N–H and O–H groups in total. The minimum atomic E-state index is -3.59. The van der Waals surface area contributed by atoms with Crippen LogP contribution in [0.3, 0.4) is 0 Å². The predicted octanol–water partition coefficient (Wildman–Crippen LogP) is 2.78. The number of benzene rings is 2. The van der Waals surface area contributed by atoms with Gasteiger partial charge in [0.2, 0.25) is 15.9 Å². The molecule has 0 saturated carbocycles. The second-order valence-electron chi connectivity index (χ2n) is 6.41. The number of hydrogen-bond acceptors (Lipinski definition) is 4. The van der Waals surface area contributed by atoms with Crippen molar-refractivity contribution in [2.75, 3.05) is 23.7 Å². The Hall–Kier alpha value is -2.54. The molecule has 2 rings (SSSR count). The number of ether oxygens (including phenoxy) is 1. The topological polar surface area (TPSA) is 75.7 Å². The van der Waals surface area contributed by atoms with E-state index in [4.69, 9.17) is 4.74 Å². The molecule has 2 aromatic rings. The van der Waals surface area contributed by atoms with E-state index in [2.05, 4.69) is 5.32 Å². The molecule has 0 aliphatic heterocycles. The van der Waals surface area contributed by atoms with Crippen molar-refractivity contribution in [1.29, 1.82) is 0 Å². The van der Waals surface area contributed by atoms with E-state index in [1.54, 1.807) is 6.07 Å². The number of sulfonamides is 1. The first-order chi connectivity index (χ1) is 12.7. The summed E-state index contributed by atoms with van der Waals surface area (Å²) in [7, 11) is -3.59. The molecule has 6 nitrogen and oxygen atoms in total. The van der Waals surface area contributed by atoms with Crippen LogP contribution in [0, 0.1) is 13.8 Å². The average molecular weight is 391 g/mol. The summed E-state index contributed by atoms with van der Waals surface area (Å²) in [5, 5.41) is 2.77. The van der Waals surface area contributed by atoms with Gasteiger partial charge in [-0.3, -0.25) is 9.10 Å².